The van der Waals surface area contributed by atoms with Crippen molar-refractivity contribution >= 4 is 27.8 Å². The van der Waals surface area contributed by atoms with Gasteiger partial charge >= 0.3 is 5.97 Å². The summed E-state index contributed by atoms with van der Waals surface area (Å²) >= 11 is 2.97. The van der Waals surface area contributed by atoms with Gasteiger partial charge in [0, 0.05) is 32.1 Å². The second-order valence-electron chi connectivity index (χ2n) is 4.79. The lowest BCUT2D eigenvalue weighted by atomic mass is 10.1. The van der Waals surface area contributed by atoms with Gasteiger partial charge in [-0.05, 0) is 35.0 Å². The maximum absolute atomic E-state index is 14.0. The molecule has 122 valence electrons. The van der Waals surface area contributed by atoms with Crippen LogP contribution in [0.15, 0.2) is 16.6 Å². The van der Waals surface area contributed by atoms with Gasteiger partial charge in [-0.1, -0.05) is 0 Å². The van der Waals surface area contributed by atoms with Crippen molar-refractivity contribution in [2.45, 2.75) is 26.4 Å². The molecule has 0 aliphatic carbocycles. The van der Waals surface area contributed by atoms with E-state index in [2.05, 4.69) is 21.2 Å². The van der Waals surface area contributed by atoms with E-state index in [-0.39, 0.29) is 35.6 Å². The fourth-order valence-electron chi connectivity index (χ4n) is 1.86. The largest absolute Gasteiger partial charge is 0.480 e. The Morgan fingerprint density at radius 3 is 2.59 bits per heavy atom. The molecule has 5 nitrogen and oxygen atoms in total. The molecule has 0 aliphatic rings. The fourth-order valence-corrected chi connectivity index (χ4v) is 2.23. The first-order valence-electron chi connectivity index (χ1n) is 6.57. The van der Waals surface area contributed by atoms with Crippen molar-refractivity contribution in [1.82, 2.24) is 10.2 Å². The molecule has 1 unspecified atom stereocenters. The zero-order valence-corrected chi connectivity index (χ0v) is 13.8. The molecule has 1 rings (SSSR count). The minimum Gasteiger partial charge on any atom is -0.480 e. The minimum atomic E-state index is -1.11. The lowest BCUT2D eigenvalue weighted by Crippen LogP contribution is -2.43. The molecule has 1 aromatic rings. The van der Waals surface area contributed by atoms with Crippen LogP contribution < -0.4 is 5.32 Å². The number of hydrogen-bond donors (Lipinski definition) is 2. The number of hydrogen-bond acceptors (Lipinski definition) is 3. The Kier molecular flexibility index (Phi) is 6.89. The molecule has 0 radical (unpaired) electrons. The van der Waals surface area contributed by atoms with Crippen LogP contribution in [-0.2, 0) is 16.1 Å². The number of carbonyl (C=O) groups excluding carboxylic acids is 1. The second-order valence-corrected chi connectivity index (χ2v) is 5.64. The standard InChI is InChI=1S/C14H17BrF2N2O3/c1-8(14(21)22)19(6-5-18-9(2)20)7-10-12(16)4-3-11(15)13(10)17/h3-4,8H,5-7H2,1-2H3,(H,18,20)(H,21,22). The molecule has 22 heavy (non-hydrogen) atoms. The van der Waals surface area contributed by atoms with Crippen LogP contribution in [-0.4, -0.2) is 41.0 Å². The number of amides is 1. The Bertz CT molecular complexity index is 569. The number of benzene rings is 1. The van der Waals surface area contributed by atoms with Gasteiger partial charge in [-0.3, -0.25) is 14.5 Å². The highest BCUT2D eigenvalue weighted by molar-refractivity contribution is 9.10. The molecule has 2 N–H and O–H groups in total. The van der Waals surface area contributed by atoms with Crippen LogP contribution >= 0.6 is 15.9 Å². The van der Waals surface area contributed by atoms with Gasteiger partial charge in [-0.15, -0.1) is 0 Å². The van der Waals surface area contributed by atoms with Gasteiger partial charge in [-0.2, -0.15) is 0 Å². The summed E-state index contributed by atoms with van der Waals surface area (Å²) in [6, 6.07) is 1.41. The molecule has 1 amide bonds. The average molecular weight is 379 g/mol. The summed E-state index contributed by atoms with van der Waals surface area (Å²) in [6.45, 7) is 2.87. The number of carboxylic acid groups (broad SMARTS) is 1. The molecule has 0 heterocycles. The van der Waals surface area contributed by atoms with Gasteiger partial charge in [0.2, 0.25) is 5.91 Å². The third-order valence-corrected chi connectivity index (χ3v) is 3.79. The van der Waals surface area contributed by atoms with Crippen LogP contribution in [0.1, 0.15) is 19.4 Å². The summed E-state index contributed by atoms with van der Waals surface area (Å²) in [4.78, 5) is 23.4. The topological polar surface area (TPSA) is 69.6 Å². The number of aliphatic carboxylic acids is 1. The van der Waals surface area contributed by atoms with Gasteiger partial charge in [0.15, 0.2) is 0 Å². The highest BCUT2D eigenvalue weighted by Crippen LogP contribution is 2.23. The van der Waals surface area contributed by atoms with Crippen molar-refractivity contribution < 1.29 is 23.5 Å². The van der Waals surface area contributed by atoms with Crippen molar-refractivity contribution in [3.63, 3.8) is 0 Å². The molecule has 8 heteroatoms. The van der Waals surface area contributed by atoms with Crippen LogP contribution in [0.5, 0.6) is 0 Å². The van der Waals surface area contributed by atoms with E-state index in [0.29, 0.717) is 0 Å². The molecule has 0 fully saturated rings. The number of carboxylic acids is 1. The molecule has 0 aliphatic heterocycles. The monoisotopic (exact) mass is 378 g/mol. The minimum absolute atomic E-state index is 0.105. The maximum Gasteiger partial charge on any atom is 0.320 e. The summed E-state index contributed by atoms with van der Waals surface area (Å²) in [7, 11) is 0. The zero-order chi connectivity index (χ0) is 16.9. The molecule has 0 saturated heterocycles. The van der Waals surface area contributed by atoms with Crippen LogP contribution in [0.4, 0.5) is 8.78 Å². The average Bonchev–Trinajstić information content (AvgIpc) is 2.44. The number of halogens is 3. The third-order valence-electron chi connectivity index (χ3n) is 3.18. The van der Waals surface area contributed by atoms with Crippen molar-refractivity contribution in [2.75, 3.05) is 13.1 Å². The Balaban J connectivity index is 2.95. The molecule has 0 aromatic heterocycles. The molecular weight excluding hydrogens is 362 g/mol. The number of nitrogens with one attached hydrogen (secondary N) is 1. The Morgan fingerprint density at radius 2 is 2.05 bits per heavy atom. The second kappa shape index (κ2) is 8.19. The van der Waals surface area contributed by atoms with E-state index in [9.17, 15) is 18.4 Å². The van der Waals surface area contributed by atoms with E-state index in [0.717, 1.165) is 6.07 Å². The van der Waals surface area contributed by atoms with Crippen molar-refractivity contribution in [2.24, 2.45) is 0 Å². The highest BCUT2D eigenvalue weighted by atomic mass is 79.9. The summed E-state index contributed by atoms with van der Waals surface area (Å²) < 4.78 is 27.9. The molecular formula is C14H17BrF2N2O3. The summed E-state index contributed by atoms with van der Waals surface area (Å²) in [5, 5.41) is 11.6. The van der Waals surface area contributed by atoms with E-state index < -0.39 is 23.6 Å². The van der Waals surface area contributed by atoms with E-state index >= 15 is 0 Å². The van der Waals surface area contributed by atoms with Crippen molar-refractivity contribution in [3.05, 3.63) is 33.8 Å². The molecule has 1 aromatic carbocycles. The Morgan fingerprint density at radius 1 is 1.41 bits per heavy atom. The predicted molar refractivity (Wildman–Crippen MR) is 80.2 cm³/mol. The first kappa shape index (κ1) is 18.5. The summed E-state index contributed by atoms with van der Waals surface area (Å²) in [5.41, 5.74) is -0.217. The number of nitrogens with zero attached hydrogens (tertiary/aromatic N) is 1. The summed E-state index contributed by atoms with van der Waals surface area (Å²) in [6.07, 6.45) is 0. The van der Waals surface area contributed by atoms with Crippen LogP contribution in [0.3, 0.4) is 0 Å². The number of carbonyl (C=O) groups is 2. The molecule has 0 saturated carbocycles. The van der Waals surface area contributed by atoms with E-state index in [4.69, 9.17) is 5.11 Å². The van der Waals surface area contributed by atoms with Crippen LogP contribution in [0, 0.1) is 11.6 Å². The van der Waals surface area contributed by atoms with Crippen LogP contribution in [0.25, 0.3) is 0 Å². The Hall–Kier alpha value is -1.54. The molecule has 1 atom stereocenters. The van der Waals surface area contributed by atoms with E-state index in [1.807, 2.05) is 0 Å². The summed E-state index contributed by atoms with van der Waals surface area (Å²) in [5.74, 6) is -2.88. The highest BCUT2D eigenvalue weighted by Gasteiger charge is 2.24. The zero-order valence-electron chi connectivity index (χ0n) is 12.2. The lowest BCUT2D eigenvalue weighted by molar-refractivity contribution is -0.142. The first-order valence-corrected chi connectivity index (χ1v) is 7.37. The van der Waals surface area contributed by atoms with Gasteiger partial charge in [-0.25, -0.2) is 8.78 Å². The number of rotatable bonds is 7. The van der Waals surface area contributed by atoms with Gasteiger partial charge in [0.05, 0.1) is 4.47 Å². The SMILES string of the molecule is CC(=O)NCCN(Cc1c(F)ccc(Br)c1F)C(C)C(=O)O. The lowest BCUT2D eigenvalue weighted by Gasteiger charge is -2.26. The quantitative estimate of drug-likeness (QED) is 0.713. The normalized spacial score (nSPS) is 12.3. The smallest absolute Gasteiger partial charge is 0.320 e. The molecule has 0 bridgehead atoms. The van der Waals surface area contributed by atoms with Gasteiger partial charge in [0.1, 0.15) is 17.7 Å². The van der Waals surface area contributed by atoms with Gasteiger partial charge < -0.3 is 10.4 Å². The van der Waals surface area contributed by atoms with Crippen molar-refractivity contribution in [1.29, 1.82) is 0 Å². The fraction of sp³-hybridized carbons (Fsp3) is 0.429. The first-order chi connectivity index (χ1) is 10.2. The molecule has 0 spiro atoms. The van der Waals surface area contributed by atoms with Crippen LogP contribution in [0.2, 0.25) is 0 Å². The maximum atomic E-state index is 14.0. The third kappa shape index (κ3) is 5.03. The predicted octanol–water partition coefficient (Wildman–Crippen LogP) is 2.14. The Labute approximate surface area is 135 Å². The van der Waals surface area contributed by atoms with Gasteiger partial charge in [0.25, 0.3) is 0 Å². The van der Waals surface area contributed by atoms with E-state index in [1.165, 1.54) is 24.8 Å². The van der Waals surface area contributed by atoms with E-state index in [1.54, 1.807) is 0 Å². The van der Waals surface area contributed by atoms with Crippen molar-refractivity contribution in [3.8, 4) is 0 Å².